The van der Waals surface area contributed by atoms with E-state index in [1.807, 2.05) is 0 Å². The van der Waals surface area contributed by atoms with Crippen LogP contribution >= 0.6 is 0 Å². The molecule has 3 heterocycles. The van der Waals surface area contributed by atoms with Crippen molar-refractivity contribution in [3.63, 3.8) is 0 Å². The van der Waals surface area contributed by atoms with Crippen molar-refractivity contribution in [2.75, 3.05) is 6.54 Å². The average Bonchev–Trinajstić information content (AvgIpc) is 3.13. The van der Waals surface area contributed by atoms with Crippen molar-refractivity contribution in [2.45, 2.75) is 32.0 Å². The third-order valence-corrected chi connectivity index (χ3v) is 4.56. The van der Waals surface area contributed by atoms with Crippen LogP contribution in [0.5, 0.6) is 0 Å². The molecule has 2 aromatic heterocycles. The molecule has 0 N–H and O–H groups in total. The van der Waals surface area contributed by atoms with Gasteiger partial charge >= 0.3 is 6.18 Å². The Morgan fingerprint density at radius 2 is 2.08 bits per heavy atom. The SMILES string of the molecule is CC1(C)C(C(F)(F)F)CCN1C(=O)c1ccnc(-n2cccn2)c1. The molecule has 1 atom stereocenters. The number of pyridine rings is 1. The largest absolute Gasteiger partial charge is 0.394 e. The molecule has 1 amide bonds. The first kappa shape index (κ1) is 16.5. The van der Waals surface area contributed by atoms with Crippen molar-refractivity contribution in [2.24, 2.45) is 5.92 Å². The first-order chi connectivity index (χ1) is 11.2. The number of rotatable bonds is 2. The lowest BCUT2D eigenvalue weighted by Gasteiger charge is -2.36. The van der Waals surface area contributed by atoms with Gasteiger partial charge in [-0.3, -0.25) is 4.79 Å². The predicted molar refractivity (Wildman–Crippen MR) is 80.6 cm³/mol. The molecular formula is C16H17F3N4O. The Labute approximate surface area is 137 Å². The van der Waals surface area contributed by atoms with Crippen LogP contribution in [0.2, 0.25) is 0 Å². The van der Waals surface area contributed by atoms with E-state index in [1.165, 1.54) is 41.8 Å². The number of aromatic nitrogens is 3. The van der Waals surface area contributed by atoms with Gasteiger partial charge in [0.25, 0.3) is 5.91 Å². The zero-order valence-corrected chi connectivity index (χ0v) is 13.3. The molecule has 1 fully saturated rings. The van der Waals surface area contributed by atoms with Crippen LogP contribution in [-0.2, 0) is 0 Å². The minimum Gasteiger partial charge on any atom is -0.333 e. The first-order valence-corrected chi connectivity index (χ1v) is 7.56. The molecule has 24 heavy (non-hydrogen) atoms. The smallest absolute Gasteiger partial charge is 0.333 e. The van der Waals surface area contributed by atoms with Gasteiger partial charge in [0, 0.05) is 36.2 Å². The summed E-state index contributed by atoms with van der Waals surface area (Å²) in [4.78, 5) is 18.2. The van der Waals surface area contributed by atoms with E-state index in [2.05, 4.69) is 10.1 Å². The molecule has 0 aliphatic carbocycles. The fraction of sp³-hybridized carbons (Fsp3) is 0.438. The van der Waals surface area contributed by atoms with E-state index < -0.39 is 23.5 Å². The van der Waals surface area contributed by atoms with E-state index in [0.717, 1.165) is 0 Å². The second-order valence-electron chi connectivity index (χ2n) is 6.35. The van der Waals surface area contributed by atoms with Crippen molar-refractivity contribution in [1.29, 1.82) is 0 Å². The highest BCUT2D eigenvalue weighted by molar-refractivity contribution is 5.95. The van der Waals surface area contributed by atoms with Crippen molar-refractivity contribution in [3.05, 3.63) is 42.4 Å². The van der Waals surface area contributed by atoms with Crippen LogP contribution in [0.25, 0.3) is 5.82 Å². The highest BCUT2D eigenvalue weighted by atomic mass is 19.4. The normalized spacial score (nSPS) is 20.4. The second-order valence-corrected chi connectivity index (χ2v) is 6.35. The molecule has 5 nitrogen and oxygen atoms in total. The number of alkyl halides is 3. The lowest BCUT2D eigenvalue weighted by molar-refractivity contribution is -0.189. The first-order valence-electron chi connectivity index (χ1n) is 7.56. The Kier molecular flexibility index (Phi) is 3.85. The number of halogens is 3. The van der Waals surface area contributed by atoms with Crippen molar-refractivity contribution in [1.82, 2.24) is 19.7 Å². The molecule has 1 saturated heterocycles. The minimum atomic E-state index is -4.32. The van der Waals surface area contributed by atoms with E-state index in [4.69, 9.17) is 0 Å². The van der Waals surface area contributed by atoms with E-state index in [9.17, 15) is 18.0 Å². The van der Waals surface area contributed by atoms with Crippen LogP contribution in [0, 0.1) is 5.92 Å². The van der Waals surface area contributed by atoms with Crippen molar-refractivity contribution < 1.29 is 18.0 Å². The van der Waals surface area contributed by atoms with Gasteiger partial charge < -0.3 is 4.90 Å². The van der Waals surface area contributed by atoms with Gasteiger partial charge in [-0.05, 0) is 38.5 Å². The highest BCUT2D eigenvalue weighted by Crippen LogP contribution is 2.45. The zero-order valence-electron chi connectivity index (χ0n) is 13.3. The van der Waals surface area contributed by atoms with Crippen LogP contribution in [0.1, 0.15) is 30.6 Å². The minimum absolute atomic E-state index is 0.0788. The number of hydrogen-bond acceptors (Lipinski definition) is 3. The maximum atomic E-state index is 13.2. The van der Waals surface area contributed by atoms with Gasteiger partial charge in [0.2, 0.25) is 0 Å². The molecule has 1 unspecified atom stereocenters. The summed E-state index contributed by atoms with van der Waals surface area (Å²) in [5, 5.41) is 4.04. The molecule has 0 saturated carbocycles. The molecule has 0 spiro atoms. The van der Waals surface area contributed by atoms with Crippen LogP contribution in [-0.4, -0.2) is 43.8 Å². The second kappa shape index (κ2) is 5.61. The summed E-state index contributed by atoms with van der Waals surface area (Å²) in [6.07, 6.45) is 0.300. The Morgan fingerprint density at radius 3 is 2.67 bits per heavy atom. The van der Waals surface area contributed by atoms with Crippen LogP contribution in [0.15, 0.2) is 36.8 Å². The molecule has 0 radical (unpaired) electrons. The molecular weight excluding hydrogens is 321 g/mol. The number of nitrogens with zero attached hydrogens (tertiary/aromatic N) is 4. The molecule has 8 heteroatoms. The summed E-state index contributed by atoms with van der Waals surface area (Å²) in [6.45, 7) is 3.01. The molecule has 3 rings (SSSR count). The van der Waals surface area contributed by atoms with E-state index >= 15 is 0 Å². The average molecular weight is 338 g/mol. The van der Waals surface area contributed by atoms with Crippen molar-refractivity contribution in [3.8, 4) is 5.82 Å². The topological polar surface area (TPSA) is 51.0 Å². The van der Waals surface area contributed by atoms with Gasteiger partial charge in [0.05, 0.1) is 5.92 Å². The maximum absolute atomic E-state index is 13.2. The Hall–Kier alpha value is -2.38. The number of hydrogen-bond donors (Lipinski definition) is 0. The lowest BCUT2D eigenvalue weighted by atomic mass is 9.87. The summed E-state index contributed by atoms with van der Waals surface area (Å²) < 4.78 is 41.0. The number of amides is 1. The molecule has 1 aliphatic heterocycles. The number of carbonyl (C=O) groups is 1. The highest BCUT2D eigenvalue weighted by Gasteiger charge is 2.56. The summed E-state index contributed by atoms with van der Waals surface area (Å²) >= 11 is 0. The lowest BCUT2D eigenvalue weighted by Crippen LogP contribution is -2.49. The van der Waals surface area contributed by atoms with E-state index in [1.54, 1.807) is 18.5 Å². The third kappa shape index (κ3) is 2.76. The van der Waals surface area contributed by atoms with Gasteiger partial charge in [-0.1, -0.05) is 0 Å². The molecule has 2 aromatic rings. The van der Waals surface area contributed by atoms with Gasteiger partial charge in [-0.15, -0.1) is 0 Å². The fourth-order valence-electron chi connectivity index (χ4n) is 3.25. The maximum Gasteiger partial charge on any atom is 0.394 e. The third-order valence-electron chi connectivity index (χ3n) is 4.56. The Morgan fingerprint density at radius 1 is 1.33 bits per heavy atom. The summed E-state index contributed by atoms with van der Waals surface area (Å²) in [7, 11) is 0. The summed E-state index contributed by atoms with van der Waals surface area (Å²) in [5.41, 5.74) is -0.990. The Bertz CT molecular complexity index is 740. The standard InChI is InChI=1S/C16H17F3N4O/c1-15(2)12(16(17,18)19)5-9-22(15)14(24)11-4-7-20-13(10-11)23-8-3-6-21-23/h3-4,6-8,10,12H,5,9H2,1-2H3. The zero-order chi connectivity index (χ0) is 17.5. The number of carbonyl (C=O) groups excluding carboxylic acids is 1. The summed E-state index contributed by atoms with van der Waals surface area (Å²) in [6, 6.07) is 4.76. The molecule has 128 valence electrons. The monoisotopic (exact) mass is 338 g/mol. The predicted octanol–water partition coefficient (Wildman–Crippen LogP) is 3.07. The fourth-order valence-corrected chi connectivity index (χ4v) is 3.25. The van der Waals surface area contributed by atoms with Gasteiger partial charge in [-0.25, -0.2) is 9.67 Å². The van der Waals surface area contributed by atoms with Gasteiger partial charge in [-0.2, -0.15) is 18.3 Å². The van der Waals surface area contributed by atoms with Crippen LogP contribution < -0.4 is 0 Å². The van der Waals surface area contributed by atoms with Crippen LogP contribution in [0.4, 0.5) is 13.2 Å². The van der Waals surface area contributed by atoms with E-state index in [0.29, 0.717) is 11.4 Å². The van der Waals surface area contributed by atoms with Crippen molar-refractivity contribution >= 4 is 5.91 Å². The Balaban J connectivity index is 1.89. The number of likely N-dealkylation sites (tertiary alicyclic amines) is 1. The quantitative estimate of drug-likeness (QED) is 0.846. The van der Waals surface area contributed by atoms with Crippen LogP contribution in [0.3, 0.4) is 0 Å². The van der Waals surface area contributed by atoms with Gasteiger partial charge in [0.1, 0.15) is 0 Å². The molecule has 0 aromatic carbocycles. The molecule has 0 bridgehead atoms. The molecule has 1 aliphatic rings. The summed E-state index contributed by atoms with van der Waals surface area (Å²) in [5.74, 6) is -1.51. The van der Waals surface area contributed by atoms with Gasteiger partial charge in [0.15, 0.2) is 5.82 Å². The van der Waals surface area contributed by atoms with E-state index in [-0.39, 0.29) is 13.0 Å².